The number of aromatic nitrogens is 2. The molecule has 2 N–H and O–H groups in total. The van der Waals surface area contributed by atoms with Gasteiger partial charge in [-0.25, -0.2) is 9.78 Å². The van der Waals surface area contributed by atoms with Crippen molar-refractivity contribution < 1.29 is 29.0 Å². The van der Waals surface area contributed by atoms with Crippen LogP contribution in [-0.4, -0.2) is 45.5 Å². The monoisotopic (exact) mass is 423 g/mol. The Hall–Kier alpha value is -2.58. The number of ether oxygens (including phenoxy) is 2. The molecule has 9 heteroatoms. The lowest BCUT2D eigenvalue weighted by Gasteiger charge is -2.26. The van der Waals surface area contributed by atoms with Gasteiger partial charge < -0.3 is 24.5 Å². The molecule has 1 amide bonds. The van der Waals surface area contributed by atoms with Crippen LogP contribution in [0, 0.1) is 11.8 Å². The number of imidazole rings is 1. The summed E-state index contributed by atoms with van der Waals surface area (Å²) in [6, 6.07) is 0.454. The van der Waals surface area contributed by atoms with Gasteiger partial charge in [0, 0.05) is 39.1 Å². The van der Waals surface area contributed by atoms with Crippen LogP contribution in [0.25, 0.3) is 0 Å². The molecule has 1 aliphatic carbocycles. The van der Waals surface area contributed by atoms with Crippen molar-refractivity contribution >= 4 is 18.0 Å². The SMILES string of the molecule is CC(=O)OC(C)OC(=O)NCCC[C@@H](Cc1cn(C2CCC(C)CC2)cn1)C(=O)O. The lowest BCUT2D eigenvalue weighted by atomic mass is 9.87. The maximum atomic E-state index is 11.6. The number of hydrogen-bond acceptors (Lipinski definition) is 6. The molecule has 0 aliphatic heterocycles. The predicted molar refractivity (Wildman–Crippen MR) is 109 cm³/mol. The van der Waals surface area contributed by atoms with Crippen LogP contribution < -0.4 is 5.32 Å². The molecule has 2 atom stereocenters. The highest BCUT2D eigenvalue weighted by atomic mass is 16.7. The number of nitrogens with zero attached hydrogens (tertiary/aromatic N) is 2. The molecule has 9 nitrogen and oxygen atoms in total. The first-order chi connectivity index (χ1) is 14.2. The largest absolute Gasteiger partial charge is 0.481 e. The molecule has 1 aliphatic rings. The Labute approximate surface area is 177 Å². The summed E-state index contributed by atoms with van der Waals surface area (Å²) < 4.78 is 11.7. The highest BCUT2D eigenvalue weighted by Crippen LogP contribution is 2.31. The van der Waals surface area contributed by atoms with Crippen molar-refractivity contribution in [3.63, 3.8) is 0 Å². The third-order valence-electron chi connectivity index (χ3n) is 5.47. The first-order valence-electron chi connectivity index (χ1n) is 10.6. The topological polar surface area (TPSA) is 120 Å². The summed E-state index contributed by atoms with van der Waals surface area (Å²) in [5.74, 6) is -1.21. The van der Waals surface area contributed by atoms with E-state index in [0.717, 1.165) is 24.5 Å². The van der Waals surface area contributed by atoms with Gasteiger partial charge in [0.15, 0.2) is 0 Å². The lowest BCUT2D eigenvalue weighted by molar-refractivity contribution is -0.162. The molecule has 2 rings (SSSR count). The number of rotatable bonds is 10. The summed E-state index contributed by atoms with van der Waals surface area (Å²) in [7, 11) is 0. The van der Waals surface area contributed by atoms with E-state index in [1.54, 1.807) is 0 Å². The van der Waals surface area contributed by atoms with Crippen molar-refractivity contribution in [3.05, 3.63) is 18.2 Å². The minimum atomic E-state index is -0.975. The fraction of sp³-hybridized carbons (Fsp3) is 0.714. The van der Waals surface area contributed by atoms with E-state index >= 15 is 0 Å². The molecule has 168 valence electrons. The number of esters is 1. The van der Waals surface area contributed by atoms with Crippen LogP contribution >= 0.6 is 0 Å². The summed E-state index contributed by atoms with van der Waals surface area (Å²) in [6.07, 6.45) is 8.05. The van der Waals surface area contributed by atoms with Crippen LogP contribution in [0.2, 0.25) is 0 Å². The second-order valence-electron chi connectivity index (χ2n) is 8.12. The number of amides is 1. The van der Waals surface area contributed by atoms with E-state index in [0.29, 0.717) is 25.3 Å². The lowest BCUT2D eigenvalue weighted by Crippen LogP contribution is -2.31. The van der Waals surface area contributed by atoms with Gasteiger partial charge in [-0.15, -0.1) is 0 Å². The summed E-state index contributed by atoms with van der Waals surface area (Å²) in [6.45, 7) is 5.21. The molecule has 1 saturated carbocycles. The molecule has 1 aromatic rings. The smallest absolute Gasteiger partial charge is 0.410 e. The van der Waals surface area contributed by atoms with Gasteiger partial charge in [-0.1, -0.05) is 6.92 Å². The summed E-state index contributed by atoms with van der Waals surface area (Å²) >= 11 is 0. The fourth-order valence-electron chi connectivity index (χ4n) is 3.78. The molecule has 30 heavy (non-hydrogen) atoms. The molecular weight excluding hydrogens is 390 g/mol. The Morgan fingerprint density at radius 2 is 1.97 bits per heavy atom. The highest BCUT2D eigenvalue weighted by Gasteiger charge is 2.22. The number of aliphatic carboxylic acids is 1. The van der Waals surface area contributed by atoms with Gasteiger partial charge in [-0.3, -0.25) is 9.59 Å². The number of carboxylic acids is 1. The number of hydrogen-bond donors (Lipinski definition) is 2. The standard InChI is InChI=1S/C21H33N3O6/c1-14-6-8-19(9-7-14)24-12-18(23-13-24)11-17(20(26)27)5-4-10-22-21(28)30-16(3)29-15(2)25/h12-14,16-17,19H,4-11H2,1-3H3,(H,22,28)(H,26,27)/t14?,16?,17-,19?/m0/s1. The molecule has 0 saturated heterocycles. The Morgan fingerprint density at radius 1 is 1.27 bits per heavy atom. The third kappa shape index (κ3) is 8.04. The Bertz CT molecular complexity index is 711. The molecule has 1 fully saturated rings. The van der Waals surface area contributed by atoms with Gasteiger partial charge in [-0.2, -0.15) is 0 Å². The Morgan fingerprint density at radius 3 is 2.60 bits per heavy atom. The molecular formula is C21H33N3O6. The van der Waals surface area contributed by atoms with Gasteiger partial charge in [0.25, 0.3) is 0 Å². The molecule has 0 bridgehead atoms. The van der Waals surface area contributed by atoms with Gasteiger partial charge in [0.2, 0.25) is 6.29 Å². The van der Waals surface area contributed by atoms with Crippen molar-refractivity contribution in [3.8, 4) is 0 Å². The number of carboxylic acid groups (broad SMARTS) is 1. The van der Waals surface area contributed by atoms with E-state index in [-0.39, 0.29) is 6.54 Å². The van der Waals surface area contributed by atoms with Gasteiger partial charge >= 0.3 is 18.0 Å². The maximum absolute atomic E-state index is 11.6. The summed E-state index contributed by atoms with van der Waals surface area (Å²) in [4.78, 5) is 38.5. The van der Waals surface area contributed by atoms with Crippen LogP contribution in [0.3, 0.4) is 0 Å². The number of nitrogens with one attached hydrogen (secondary N) is 1. The van der Waals surface area contributed by atoms with E-state index in [2.05, 4.69) is 21.8 Å². The second kappa shape index (κ2) is 11.6. The zero-order chi connectivity index (χ0) is 22.1. The van der Waals surface area contributed by atoms with E-state index < -0.39 is 30.2 Å². The quantitative estimate of drug-likeness (QED) is 0.336. The minimum Gasteiger partial charge on any atom is -0.481 e. The molecule has 0 spiro atoms. The van der Waals surface area contributed by atoms with Crippen LogP contribution in [0.4, 0.5) is 4.79 Å². The number of carbonyl (C=O) groups is 3. The van der Waals surface area contributed by atoms with Gasteiger partial charge in [0.1, 0.15) is 0 Å². The number of carbonyl (C=O) groups excluding carboxylic acids is 2. The second-order valence-corrected chi connectivity index (χ2v) is 8.12. The summed E-state index contributed by atoms with van der Waals surface area (Å²) in [5, 5.41) is 12.1. The molecule has 1 aromatic heterocycles. The van der Waals surface area contributed by atoms with Crippen LogP contribution in [0.1, 0.15) is 71.0 Å². The average Bonchev–Trinajstić information content (AvgIpc) is 3.12. The van der Waals surface area contributed by atoms with Crippen molar-refractivity contribution in [2.75, 3.05) is 6.54 Å². The zero-order valence-corrected chi connectivity index (χ0v) is 18.0. The number of alkyl carbamates (subject to hydrolysis) is 1. The van der Waals surface area contributed by atoms with Crippen molar-refractivity contribution in [2.24, 2.45) is 11.8 Å². The van der Waals surface area contributed by atoms with Crippen LogP contribution in [0.5, 0.6) is 0 Å². The van der Waals surface area contributed by atoms with E-state index in [1.807, 2.05) is 12.5 Å². The summed E-state index contributed by atoms with van der Waals surface area (Å²) in [5.41, 5.74) is 0.781. The van der Waals surface area contributed by atoms with Crippen LogP contribution in [0.15, 0.2) is 12.5 Å². The maximum Gasteiger partial charge on any atom is 0.410 e. The van der Waals surface area contributed by atoms with Crippen molar-refractivity contribution in [2.45, 2.75) is 78.0 Å². The van der Waals surface area contributed by atoms with E-state index in [1.165, 1.54) is 26.7 Å². The third-order valence-corrected chi connectivity index (χ3v) is 5.47. The molecule has 0 aromatic carbocycles. The van der Waals surface area contributed by atoms with Gasteiger partial charge in [0.05, 0.1) is 17.9 Å². The van der Waals surface area contributed by atoms with E-state index in [4.69, 9.17) is 9.47 Å². The van der Waals surface area contributed by atoms with Crippen molar-refractivity contribution in [1.82, 2.24) is 14.9 Å². The van der Waals surface area contributed by atoms with E-state index in [9.17, 15) is 19.5 Å². The molecule has 1 unspecified atom stereocenters. The Kier molecular flexibility index (Phi) is 9.14. The predicted octanol–water partition coefficient (Wildman–Crippen LogP) is 3.29. The molecule has 1 heterocycles. The first-order valence-corrected chi connectivity index (χ1v) is 10.6. The molecule has 0 radical (unpaired) electrons. The first kappa shape index (κ1) is 23.7. The Balaban J connectivity index is 1.74. The average molecular weight is 424 g/mol. The zero-order valence-electron chi connectivity index (χ0n) is 18.0. The highest BCUT2D eigenvalue weighted by molar-refractivity contribution is 5.70. The minimum absolute atomic E-state index is 0.268. The van der Waals surface area contributed by atoms with Crippen molar-refractivity contribution in [1.29, 1.82) is 0 Å². The van der Waals surface area contributed by atoms with Gasteiger partial charge in [-0.05, 0) is 44.4 Å². The fourth-order valence-corrected chi connectivity index (χ4v) is 3.78. The normalized spacial score (nSPS) is 20.8. The van der Waals surface area contributed by atoms with Crippen LogP contribution in [-0.2, 0) is 25.5 Å².